The van der Waals surface area contributed by atoms with Crippen molar-refractivity contribution in [3.8, 4) is 0 Å². The lowest BCUT2D eigenvalue weighted by Gasteiger charge is -2.19. The summed E-state index contributed by atoms with van der Waals surface area (Å²) in [6, 6.07) is 0. The van der Waals surface area contributed by atoms with Gasteiger partial charge in [0.2, 0.25) is 0 Å². The molecular formula is C7H15NO. The largest absolute Gasteiger partial charge is 0.370 e. The van der Waals surface area contributed by atoms with Crippen molar-refractivity contribution < 1.29 is 4.74 Å². The standard InChI is InChI=1S/C5H8O.C2H7N/c1-2-5(3-1)4-6-5;1-2-3/h1-4H2;2-3H2,1H3. The monoisotopic (exact) mass is 129 g/mol. The molecule has 2 aliphatic rings. The van der Waals surface area contributed by atoms with Crippen molar-refractivity contribution >= 4 is 0 Å². The molecule has 54 valence electrons. The Morgan fingerprint density at radius 2 is 2.00 bits per heavy atom. The van der Waals surface area contributed by atoms with Gasteiger partial charge in [-0.25, -0.2) is 0 Å². The minimum absolute atomic E-state index is 0.472. The van der Waals surface area contributed by atoms with Crippen LogP contribution in [0.25, 0.3) is 0 Å². The van der Waals surface area contributed by atoms with E-state index in [1.807, 2.05) is 6.92 Å². The average molecular weight is 129 g/mol. The zero-order chi connectivity index (χ0) is 6.74. The van der Waals surface area contributed by atoms with Gasteiger partial charge in [-0.3, -0.25) is 0 Å². The van der Waals surface area contributed by atoms with Crippen LogP contribution in [0.3, 0.4) is 0 Å². The molecule has 1 saturated heterocycles. The Hall–Kier alpha value is -0.0800. The number of hydrogen-bond donors (Lipinski definition) is 1. The molecule has 0 aromatic heterocycles. The summed E-state index contributed by atoms with van der Waals surface area (Å²) in [6.45, 7) is 3.72. The lowest BCUT2D eigenvalue weighted by molar-refractivity contribution is 0.200. The highest BCUT2D eigenvalue weighted by atomic mass is 16.6. The number of epoxide rings is 1. The predicted octanol–water partition coefficient (Wildman–Crippen LogP) is 0.904. The summed E-state index contributed by atoms with van der Waals surface area (Å²) >= 11 is 0. The van der Waals surface area contributed by atoms with Gasteiger partial charge in [0, 0.05) is 0 Å². The van der Waals surface area contributed by atoms with E-state index in [1.165, 1.54) is 19.3 Å². The van der Waals surface area contributed by atoms with Gasteiger partial charge in [-0.1, -0.05) is 6.92 Å². The second-order valence-corrected chi connectivity index (χ2v) is 2.73. The van der Waals surface area contributed by atoms with Gasteiger partial charge in [0.1, 0.15) is 0 Å². The number of nitrogens with two attached hydrogens (primary N) is 1. The molecule has 1 spiro atoms. The first-order chi connectivity index (χ1) is 4.33. The SMILES string of the molecule is C1CC2(C1)CO2.CCN. The molecule has 1 saturated carbocycles. The zero-order valence-corrected chi connectivity index (χ0v) is 6.02. The lowest BCUT2D eigenvalue weighted by Crippen LogP contribution is -2.20. The van der Waals surface area contributed by atoms with Gasteiger partial charge in [0.15, 0.2) is 0 Å². The summed E-state index contributed by atoms with van der Waals surface area (Å²) in [6.07, 6.45) is 4.08. The van der Waals surface area contributed by atoms with Crippen molar-refractivity contribution in [1.29, 1.82) is 0 Å². The Morgan fingerprint density at radius 3 is 2.00 bits per heavy atom. The molecule has 2 rings (SSSR count). The van der Waals surface area contributed by atoms with E-state index in [2.05, 4.69) is 0 Å². The fraction of sp³-hybridized carbons (Fsp3) is 1.00. The maximum Gasteiger partial charge on any atom is 0.0916 e. The second kappa shape index (κ2) is 2.67. The first-order valence-electron chi connectivity index (χ1n) is 3.67. The third kappa shape index (κ3) is 1.66. The smallest absolute Gasteiger partial charge is 0.0916 e. The molecule has 0 amide bonds. The van der Waals surface area contributed by atoms with E-state index in [-0.39, 0.29) is 0 Å². The number of ether oxygens (including phenoxy) is 1. The molecule has 0 aromatic carbocycles. The van der Waals surface area contributed by atoms with Gasteiger partial charge in [0.05, 0.1) is 12.2 Å². The summed E-state index contributed by atoms with van der Waals surface area (Å²) in [4.78, 5) is 0. The van der Waals surface area contributed by atoms with E-state index < -0.39 is 0 Å². The maximum absolute atomic E-state index is 5.13. The summed E-state index contributed by atoms with van der Waals surface area (Å²) in [5.74, 6) is 0. The number of rotatable bonds is 0. The molecule has 2 heteroatoms. The van der Waals surface area contributed by atoms with E-state index in [9.17, 15) is 0 Å². The quantitative estimate of drug-likeness (QED) is 0.493. The lowest BCUT2D eigenvalue weighted by atomic mass is 9.86. The van der Waals surface area contributed by atoms with Gasteiger partial charge in [0.25, 0.3) is 0 Å². The maximum atomic E-state index is 5.13. The molecule has 0 bridgehead atoms. The van der Waals surface area contributed by atoms with Crippen LogP contribution in [0.5, 0.6) is 0 Å². The third-order valence-electron chi connectivity index (χ3n) is 1.82. The molecule has 2 N–H and O–H groups in total. The van der Waals surface area contributed by atoms with Crippen LogP contribution in [0.1, 0.15) is 26.2 Å². The molecule has 2 nitrogen and oxygen atoms in total. The van der Waals surface area contributed by atoms with Crippen LogP contribution in [0, 0.1) is 0 Å². The number of hydrogen-bond acceptors (Lipinski definition) is 2. The minimum Gasteiger partial charge on any atom is -0.370 e. The summed E-state index contributed by atoms with van der Waals surface area (Å²) in [5.41, 5.74) is 5.32. The topological polar surface area (TPSA) is 38.5 Å². The van der Waals surface area contributed by atoms with Crippen LogP contribution in [0.4, 0.5) is 0 Å². The molecule has 2 fully saturated rings. The van der Waals surface area contributed by atoms with Crippen LogP contribution < -0.4 is 5.73 Å². The van der Waals surface area contributed by atoms with E-state index in [0.29, 0.717) is 5.60 Å². The van der Waals surface area contributed by atoms with Crippen molar-refractivity contribution in [2.24, 2.45) is 5.73 Å². The summed E-state index contributed by atoms with van der Waals surface area (Å²) < 4.78 is 5.13. The third-order valence-corrected chi connectivity index (χ3v) is 1.82. The minimum atomic E-state index is 0.472. The van der Waals surface area contributed by atoms with Gasteiger partial charge in [-0.05, 0) is 25.8 Å². The first-order valence-corrected chi connectivity index (χ1v) is 3.67. The Balaban J connectivity index is 0.000000120. The molecule has 0 unspecified atom stereocenters. The molecule has 9 heavy (non-hydrogen) atoms. The fourth-order valence-corrected chi connectivity index (χ4v) is 0.962. The van der Waals surface area contributed by atoms with Crippen LogP contribution >= 0.6 is 0 Å². The highest BCUT2D eigenvalue weighted by Gasteiger charge is 2.49. The van der Waals surface area contributed by atoms with Crippen LogP contribution in [-0.2, 0) is 4.74 Å². The Labute approximate surface area is 56.4 Å². The van der Waals surface area contributed by atoms with Crippen LogP contribution in [0.15, 0.2) is 0 Å². The van der Waals surface area contributed by atoms with Crippen molar-refractivity contribution in [2.45, 2.75) is 31.8 Å². The molecule has 1 aliphatic carbocycles. The van der Waals surface area contributed by atoms with Gasteiger partial charge in [-0.2, -0.15) is 0 Å². The molecule has 1 aliphatic heterocycles. The molecule has 0 atom stereocenters. The van der Waals surface area contributed by atoms with Crippen molar-refractivity contribution in [2.75, 3.05) is 13.2 Å². The molecule has 1 heterocycles. The summed E-state index contributed by atoms with van der Waals surface area (Å²) in [5, 5.41) is 0. The van der Waals surface area contributed by atoms with Crippen LogP contribution in [0.2, 0.25) is 0 Å². The van der Waals surface area contributed by atoms with E-state index in [4.69, 9.17) is 10.5 Å². The van der Waals surface area contributed by atoms with E-state index >= 15 is 0 Å². The Morgan fingerprint density at radius 1 is 1.56 bits per heavy atom. The zero-order valence-electron chi connectivity index (χ0n) is 6.02. The average Bonchev–Trinajstić information content (AvgIpc) is 2.40. The van der Waals surface area contributed by atoms with Gasteiger partial charge >= 0.3 is 0 Å². The molecule has 0 radical (unpaired) electrons. The molecule has 0 aromatic rings. The highest BCUT2D eigenvalue weighted by Crippen LogP contribution is 2.45. The van der Waals surface area contributed by atoms with Crippen molar-refractivity contribution in [1.82, 2.24) is 0 Å². The predicted molar refractivity (Wildman–Crippen MR) is 37.3 cm³/mol. The van der Waals surface area contributed by atoms with Crippen LogP contribution in [-0.4, -0.2) is 18.8 Å². The first kappa shape index (κ1) is 7.03. The Kier molecular flexibility index (Phi) is 2.09. The van der Waals surface area contributed by atoms with Gasteiger partial charge in [-0.15, -0.1) is 0 Å². The fourth-order valence-electron chi connectivity index (χ4n) is 0.962. The molecular weight excluding hydrogens is 114 g/mol. The highest BCUT2D eigenvalue weighted by molar-refractivity contribution is 4.98. The normalized spacial score (nSPS) is 26.0. The van der Waals surface area contributed by atoms with Gasteiger partial charge < -0.3 is 10.5 Å². The van der Waals surface area contributed by atoms with Crippen molar-refractivity contribution in [3.63, 3.8) is 0 Å². The Bertz CT molecular complexity index is 82.9. The van der Waals surface area contributed by atoms with Crippen molar-refractivity contribution in [3.05, 3.63) is 0 Å². The van der Waals surface area contributed by atoms with E-state index in [1.54, 1.807) is 0 Å². The second-order valence-electron chi connectivity index (χ2n) is 2.73. The van der Waals surface area contributed by atoms with E-state index in [0.717, 1.165) is 13.2 Å². The summed E-state index contributed by atoms with van der Waals surface area (Å²) in [7, 11) is 0.